The number of aryl methyl sites for hydroxylation is 2. The summed E-state index contributed by atoms with van der Waals surface area (Å²) < 4.78 is 0. The average molecular weight is 296 g/mol. The molecule has 19 heavy (non-hydrogen) atoms. The number of fused-ring (bicyclic) bond motifs is 3. The van der Waals surface area contributed by atoms with Gasteiger partial charge in [-0.15, -0.1) is 11.3 Å². The van der Waals surface area contributed by atoms with Crippen LogP contribution in [0.2, 0.25) is 5.28 Å². The van der Waals surface area contributed by atoms with Gasteiger partial charge in [0.05, 0.1) is 5.39 Å². The molecule has 102 valence electrons. The summed E-state index contributed by atoms with van der Waals surface area (Å²) in [6, 6.07) is 0. The fourth-order valence-corrected chi connectivity index (χ4v) is 4.20. The summed E-state index contributed by atoms with van der Waals surface area (Å²) in [6.45, 7) is 3.22. The van der Waals surface area contributed by atoms with Crippen molar-refractivity contribution in [2.45, 2.75) is 39.0 Å². The second-order valence-electron chi connectivity index (χ2n) is 5.13. The number of unbranched alkanes of at least 4 members (excludes halogenated alkanes) is 1. The maximum absolute atomic E-state index is 6.08. The summed E-state index contributed by atoms with van der Waals surface area (Å²) >= 11 is 7.88. The van der Waals surface area contributed by atoms with E-state index in [4.69, 9.17) is 11.6 Å². The maximum atomic E-state index is 6.08. The number of thiophene rings is 1. The summed E-state index contributed by atoms with van der Waals surface area (Å²) in [4.78, 5) is 13.7. The minimum Gasteiger partial charge on any atom is -0.359 e. The Bertz CT molecular complexity index is 608. The Morgan fingerprint density at radius 2 is 2.16 bits per heavy atom. The lowest BCUT2D eigenvalue weighted by molar-refractivity contribution is 0.761. The van der Waals surface area contributed by atoms with E-state index in [0.29, 0.717) is 5.28 Å². The van der Waals surface area contributed by atoms with Gasteiger partial charge in [0.2, 0.25) is 5.28 Å². The molecule has 1 aliphatic carbocycles. The maximum Gasteiger partial charge on any atom is 0.225 e. The molecule has 2 heterocycles. The number of aromatic nitrogens is 2. The largest absolute Gasteiger partial charge is 0.359 e. The number of nitrogens with zero attached hydrogens (tertiary/aromatic N) is 3. The third-order valence-corrected chi connectivity index (χ3v) is 5.08. The normalized spacial score (nSPS) is 14.1. The van der Waals surface area contributed by atoms with Crippen LogP contribution < -0.4 is 4.90 Å². The summed E-state index contributed by atoms with van der Waals surface area (Å²) in [5, 5.41) is 1.62. The molecule has 0 saturated carbocycles. The molecular weight excluding hydrogens is 278 g/mol. The van der Waals surface area contributed by atoms with Gasteiger partial charge in [-0.05, 0) is 42.8 Å². The summed E-state index contributed by atoms with van der Waals surface area (Å²) in [7, 11) is 2.10. The van der Waals surface area contributed by atoms with Gasteiger partial charge in [-0.2, -0.15) is 4.98 Å². The zero-order valence-electron chi connectivity index (χ0n) is 11.4. The molecule has 2 aromatic rings. The van der Waals surface area contributed by atoms with Gasteiger partial charge in [-0.1, -0.05) is 13.3 Å². The van der Waals surface area contributed by atoms with Crippen molar-refractivity contribution in [1.82, 2.24) is 9.97 Å². The first-order valence-corrected chi connectivity index (χ1v) is 8.09. The lowest BCUT2D eigenvalue weighted by Gasteiger charge is -2.19. The smallest absolute Gasteiger partial charge is 0.225 e. The first kappa shape index (κ1) is 13.1. The molecule has 0 N–H and O–H groups in total. The molecule has 2 aromatic heterocycles. The quantitative estimate of drug-likeness (QED) is 0.796. The zero-order chi connectivity index (χ0) is 13.4. The van der Waals surface area contributed by atoms with Crippen LogP contribution in [0.15, 0.2) is 0 Å². The fraction of sp³-hybridized carbons (Fsp3) is 0.571. The van der Waals surface area contributed by atoms with E-state index >= 15 is 0 Å². The third-order valence-electron chi connectivity index (χ3n) is 3.73. The number of hydrogen-bond acceptors (Lipinski definition) is 4. The molecule has 0 bridgehead atoms. The number of anilines is 1. The van der Waals surface area contributed by atoms with Crippen LogP contribution in [-0.2, 0) is 12.8 Å². The molecule has 0 unspecified atom stereocenters. The van der Waals surface area contributed by atoms with Gasteiger partial charge in [0.15, 0.2) is 0 Å². The fourth-order valence-electron chi connectivity index (χ4n) is 2.73. The molecule has 3 rings (SSSR count). The van der Waals surface area contributed by atoms with Crippen molar-refractivity contribution >= 4 is 39.0 Å². The Balaban J connectivity index is 2.11. The molecule has 1 aliphatic rings. The standard InChI is InChI=1S/C14H18ClN3S/c1-3-4-8-18(2)12-11-9-6-5-7-10(9)19-13(11)17-14(15)16-12/h3-8H2,1-2H3. The van der Waals surface area contributed by atoms with Crippen LogP contribution in [0.1, 0.15) is 36.6 Å². The SMILES string of the molecule is CCCCN(C)c1nc(Cl)nc2sc3c(c12)CCC3. The minimum absolute atomic E-state index is 0.366. The highest BCUT2D eigenvalue weighted by Gasteiger charge is 2.23. The van der Waals surface area contributed by atoms with Crippen LogP contribution in [-0.4, -0.2) is 23.6 Å². The van der Waals surface area contributed by atoms with Gasteiger partial charge < -0.3 is 4.90 Å². The van der Waals surface area contributed by atoms with E-state index in [-0.39, 0.29) is 0 Å². The Hall–Kier alpha value is -0.870. The van der Waals surface area contributed by atoms with Crippen molar-refractivity contribution in [3.8, 4) is 0 Å². The van der Waals surface area contributed by atoms with E-state index in [9.17, 15) is 0 Å². The monoisotopic (exact) mass is 295 g/mol. The summed E-state index contributed by atoms with van der Waals surface area (Å²) in [5.41, 5.74) is 1.47. The molecule has 5 heteroatoms. The number of hydrogen-bond donors (Lipinski definition) is 0. The zero-order valence-corrected chi connectivity index (χ0v) is 12.9. The van der Waals surface area contributed by atoms with Gasteiger partial charge in [-0.3, -0.25) is 0 Å². The van der Waals surface area contributed by atoms with Gasteiger partial charge in [-0.25, -0.2) is 4.98 Å². The highest BCUT2D eigenvalue weighted by atomic mass is 35.5. The summed E-state index contributed by atoms with van der Waals surface area (Å²) in [6.07, 6.45) is 5.97. The van der Waals surface area contributed by atoms with Crippen molar-refractivity contribution in [2.75, 3.05) is 18.5 Å². The second-order valence-corrected chi connectivity index (χ2v) is 6.55. The number of rotatable bonds is 4. The predicted molar refractivity (Wildman–Crippen MR) is 82.6 cm³/mol. The molecular formula is C14H18ClN3S. The molecule has 0 saturated heterocycles. The third kappa shape index (κ3) is 2.32. The highest BCUT2D eigenvalue weighted by molar-refractivity contribution is 7.19. The van der Waals surface area contributed by atoms with Gasteiger partial charge in [0.1, 0.15) is 10.6 Å². The van der Waals surface area contributed by atoms with Crippen LogP contribution in [0.4, 0.5) is 5.82 Å². The first-order valence-electron chi connectivity index (χ1n) is 6.89. The molecule has 0 spiro atoms. The van der Waals surface area contributed by atoms with Crippen LogP contribution in [0.5, 0.6) is 0 Å². The molecule has 0 aliphatic heterocycles. The molecule has 3 nitrogen and oxygen atoms in total. The van der Waals surface area contributed by atoms with E-state index in [1.54, 1.807) is 11.3 Å². The van der Waals surface area contributed by atoms with E-state index in [0.717, 1.165) is 23.6 Å². The lowest BCUT2D eigenvalue weighted by Crippen LogP contribution is -2.20. The molecule has 0 fully saturated rings. The van der Waals surface area contributed by atoms with Gasteiger partial charge >= 0.3 is 0 Å². The van der Waals surface area contributed by atoms with Crippen LogP contribution in [0.25, 0.3) is 10.2 Å². The molecule has 0 aromatic carbocycles. The molecule has 0 radical (unpaired) electrons. The van der Waals surface area contributed by atoms with Crippen molar-refractivity contribution < 1.29 is 0 Å². The van der Waals surface area contributed by atoms with Crippen LogP contribution >= 0.6 is 22.9 Å². The van der Waals surface area contributed by atoms with E-state index in [2.05, 4.69) is 28.8 Å². The predicted octanol–water partition coefficient (Wildman–Crippen LogP) is 4.07. The average Bonchev–Trinajstić information content (AvgIpc) is 2.94. The Labute approximate surface area is 122 Å². The van der Waals surface area contributed by atoms with E-state index in [1.165, 1.54) is 41.5 Å². The van der Waals surface area contributed by atoms with Crippen molar-refractivity contribution in [1.29, 1.82) is 0 Å². The lowest BCUT2D eigenvalue weighted by atomic mass is 10.2. The second kappa shape index (κ2) is 5.25. The van der Waals surface area contributed by atoms with Crippen LogP contribution in [0, 0.1) is 0 Å². The highest BCUT2D eigenvalue weighted by Crippen LogP contribution is 2.40. The Morgan fingerprint density at radius 1 is 1.32 bits per heavy atom. The Kier molecular flexibility index (Phi) is 3.63. The molecule has 0 amide bonds. The van der Waals surface area contributed by atoms with Crippen LogP contribution in [0.3, 0.4) is 0 Å². The van der Waals surface area contributed by atoms with Gasteiger partial charge in [0.25, 0.3) is 0 Å². The minimum atomic E-state index is 0.366. The summed E-state index contributed by atoms with van der Waals surface area (Å²) in [5.74, 6) is 1.02. The topological polar surface area (TPSA) is 29.0 Å². The first-order chi connectivity index (χ1) is 9.20. The van der Waals surface area contributed by atoms with Crippen molar-refractivity contribution in [3.05, 3.63) is 15.7 Å². The van der Waals surface area contributed by atoms with Gasteiger partial charge in [0, 0.05) is 18.5 Å². The van der Waals surface area contributed by atoms with E-state index in [1.807, 2.05) is 0 Å². The Morgan fingerprint density at radius 3 is 2.95 bits per heavy atom. The van der Waals surface area contributed by atoms with Crippen molar-refractivity contribution in [2.24, 2.45) is 0 Å². The number of halogens is 1. The van der Waals surface area contributed by atoms with E-state index < -0.39 is 0 Å². The van der Waals surface area contributed by atoms with Crippen molar-refractivity contribution in [3.63, 3.8) is 0 Å². The molecule has 0 atom stereocenters.